The van der Waals surface area contributed by atoms with Gasteiger partial charge in [0.05, 0.1) is 18.1 Å². The zero-order valence-electron chi connectivity index (χ0n) is 15.1. The van der Waals surface area contributed by atoms with Crippen molar-refractivity contribution in [2.45, 2.75) is 19.3 Å². The highest BCUT2D eigenvalue weighted by molar-refractivity contribution is 5.95. The Bertz CT molecular complexity index is 914. The first-order valence-electron chi connectivity index (χ1n) is 8.99. The zero-order valence-corrected chi connectivity index (χ0v) is 15.1. The Morgan fingerprint density at radius 3 is 2.39 bits per heavy atom. The maximum atomic E-state index is 13.8. The molecule has 1 heterocycles. The van der Waals surface area contributed by atoms with Crippen LogP contribution in [0.2, 0.25) is 0 Å². The Hall–Kier alpha value is -3.27. The molecule has 0 saturated carbocycles. The van der Waals surface area contributed by atoms with Crippen molar-refractivity contribution in [3.05, 3.63) is 65.2 Å². The van der Waals surface area contributed by atoms with Crippen molar-refractivity contribution in [1.82, 2.24) is 4.90 Å². The van der Waals surface area contributed by atoms with E-state index in [-0.39, 0.29) is 17.4 Å². The van der Waals surface area contributed by atoms with E-state index in [2.05, 4.69) is 11.4 Å². The highest BCUT2D eigenvalue weighted by atomic mass is 19.1. The summed E-state index contributed by atoms with van der Waals surface area (Å²) in [7, 11) is 0. The van der Waals surface area contributed by atoms with E-state index in [1.54, 1.807) is 24.3 Å². The summed E-state index contributed by atoms with van der Waals surface area (Å²) in [5.74, 6) is -2.49. The van der Waals surface area contributed by atoms with Crippen LogP contribution in [0.25, 0.3) is 0 Å². The third-order valence-corrected chi connectivity index (χ3v) is 4.82. The molecule has 0 aromatic heterocycles. The summed E-state index contributed by atoms with van der Waals surface area (Å²) in [5.41, 5.74) is 1.36. The maximum Gasteiger partial charge on any atom is 0.256 e. The predicted octanol–water partition coefficient (Wildman–Crippen LogP) is 3.52. The molecule has 0 atom stereocenters. The predicted molar refractivity (Wildman–Crippen MR) is 99.4 cm³/mol. The van der Waals surface area contributed by atoms with Crippen LogP contribution in [-0.2, 0) is 11.2 Å². The topological polar surface area (TPSA) is 73.2 Å². The van der Waals surface area contributed by atoms with Gasteiger partial charge in [0.2, 0.25) is 5.91 Å². The number of rotatable bonds is 4. The van der Waals surface area contributed by atoms with E-state index in [1.165, 1.54) is 4.90 Å². The molecule has 3 rings (SSSR count). The van der Waals surface area contributed by atoms with Crippen molar-refractivity contribution in [2.24, 2.45) is 5.92 Å². The van der Waals surface area contributed by atoms with Crippen molar-refractivity contribution in [3.63, 3.8) is 0 Å². The molecule has 0 spiro atoms. The summed E-state index contributed by atoms with van der Waals surface area (Å²) in [6.07, 6.45) is 1.25. The minimum Gasteiger partial charge on any atom is -0.339 e. The molecule has 2 aromatic carbocycles. The molecule has 1 fully saturated rings. The molecular weight excluding hydrogens is 364 g/mol. The number of anilines is 1. The second kappa shape index (κ2) is 8.61. The fraction of sp³-hybridized carbons (Fsp3) is 0.286. The lowest BCUT2D eigenvalue weighted by molar-refractivity contribution is -0.121. The van der Waals surface area contributed by atoms with Crippen molar-refractivity contribution in [3.8, 4) is 6.07 Å². The lowest BCUT2D eigenvalue weighted by Gasteiger charge is -2.31. The monoisotopic (exact) mass is 383 g/mol. The number of likely N-dealkylation sites (tertiary alicyclic amines) is 1. The number of hydrogen-bond donors (Lipinski definition) is 1. The summed E-state index contributed by atoms with van der Waals surface area (Å²) < 4.78 is 26.8. The van der Waals surface area contributed by atoms with E-state index in [1.807, 2.05) is 0 Å². The summed E-state index contributed by atoms with van der Waals surface area (Å²) in [5, 5.41) is 11.5. The van der Waals surface area contributed by atoms with E-state index >= 15 is 0 Å². The molecule has 0 bridgehead atoms. The molecule has 144 valence electrons. The molecule has 2 aromatic rings. The average molecular weight is 383 g/mol. The van der Waals surface area contributed by atoms with Crippen LogP contribution in [0.4, 0.5) is 14.5 Å². The van der Waals surface area contributed by atoms with Crippen LogP contribution in [0.3, 0.4) is 0 Å². The summed E-state index contributed by atoms with van der Waals surface area (Å²) in [6, 6.07) is 12.0. The van der Waals surface area contributed by atoms with Gasteiger partial charge < -0.3 is 10.2 Å². The van der Waals surface area contributed by atoms with Gasteiger partial charge in [0.15, 0.2) is 0 Å². The third-order valence-electron chi connectivity index (χ3n) is 4.82. The van der Waals surface area contributed by atoms with Gasteiger partial charge in [-0.15, -0.1) is 0 Å². The number of amides is 2. The SMILES string of the molecule is N#CCc1ccc(NC(=O)C2CCN(C(=O)c3ccc(F)cc3F)CC2)cc1. The fourth-order valence-electron chi connectivity index (χ4n) is 3.22. The van der Waals surface area contributed by atoms with Crippen molar-refractivity contribution < 1.29 is 18.4 Å². The van der Waals surface area contributed by atoms with Crippen LogP contribution in [0, 0.1) is 28.9 Å². The van der Waals surface area contributed by atoms with Crippen LogP contribution < -0.4 is 5.32 Å². The van der Waals surface area contributed by atoms with Crippen molar-refractivity contribution in [1.29, 1.82) is 5.26 Å². The lowest BCUT2D eigenvalue weighted by Crippen LogP contribution is -2.41. The van der Waals surface area contributed by atoms with Crippen molar-refractivity contribution >= 4 is 17.5 Å². The summed E-state index contributed by atoms with van der Waals surface area (Å²) >= 11 is 0. The van der Waals surface area contributed by atoms with Crippen LogP contribution in [0.5, 0.6) is 0 Å². The molecule has 5 nitrogen and oxygen atoms in total. The van der Waals surface area contributed by atoms with Gasteiger partial charge in [0, 0.05) is 30.8 Å². The second-order valence-electron chi connectivity index (χ2n) is 6.71. The van der Waals surface area contributed by atoms with Gasteiger partial charge in [-0.3, -0.25) is 9.59 Å². The number of benzene rings is 2. The first-order chi connectivity index (χ1) is 13.5. The summed E-state index contributed by atoms with van der Waals surface area (Å²) in [4.78, 5) is 26.4. The Kier molecular flexibility index (Phi) is 5.99. The van der Waals surface area contributed by atoms with E-state index < -0.39 is 17.5 Å². The molecular formula is C21H19F2N3O2. The molecule has 0 aliphatic carbocycles. The van der Waals surface area contributed by atoms with Gasteiger partial charge in [0.25, 0.3) is 5.91 Å². The smallest absolute Gasteiger partial charge is 0.256 e. The molecule has 1 N–H and O–H groups in total. The number of carbonyl (C=O) groups is 2. The number of nitrogens with zero attached hydrogens (tertiary/aromatic N) is 2. The van der Waals surface area contributed by atoms with Crippen LogP contribution in [-0.4, -0.2) is 29.8 Å². The Balaban J connectivity index is 1.55. The number of piperidine rings is 1. The molecule has 0 radical (unpaired) electrons. The second-order valence-corrected chi connectivity index (χ2v) is 6.71. The van der Waals surface area contributed by atoms with Gasteiger partial charge in [-0.05, 0) is 42.7 Å². The third kappa shape index (κ3) is 4.52. The van der Waals surface area contributed by atoms with Gasteiger partial charge in [0.1, 0.15) is 11.6 Å². The average Bonchev–Trinajstić information content (AvgIpc) is 2.69. The first kappa shape index (κ1) is 19.5. The lowest BCUT2D eigenvalue weighted by atomic mass is 9.95. The Morgan fingerprint density at radius 1 is 1.11 bits per heavy atom. The van der Waals surface area contributed by atoms with Gasteiger partial charge >= 0.3 is 0 Å². The quantitative estimate of drug-likeness (QED) is 0.878. The van der Waals surface area contributed by atoms with E-state index in [0.29, 0.717) is 44.1 Å². The molecule has 28 heavy (non-hydrogen) atoms. The molecule has 1 aliphatic heterocycles. The minimum absolute atomic E-state index is 0.131. The standard InChI is InChI=1S/C21H19F2N3O2/c22-16-3-6-18(19(23)13-16)21(28)26-11-8-15(9-12-26)20(27)25-17-4-1-14(2-5-17)7-10-24/h1-6,13,15H,7-9,11-12H2,(H,25,27). The van der Waals surface area contributed by atoms with Gasteiger partial charge in [-0.1, -0.05) is 12.1 Å². The number of nitriles is 1. The Morgan fingerprint density at radius 2 is 1.79 bits per heavy atom. The molecule has 7 heteroatoms. The van der Waals surface area contributed by atoms with Crippen LogP contribution >= 0.6 is 0 Å². The highest BCUT2D eigenvalue weighted by Gasteiger charge is 2.29. The Labute approximate surface area is 161 Å². The van der Waals surface area contributed by atoms with Crippen molar-refractivity contribution in [2.75, 3.05) is 18.4 Å². The number of halogens is 2. The van der Waals surface area contributed by atoms with Crippen LogP contribution in [0.1, 0.15) is 28.8 Å². The van der Waals surface area contributed by atoms with Gasteiger partial charge in [-0.2, -0.15) is 5.26 Å². The van der Waals surface area contributed by atoms with Crippen LogP contribution in [0.15, 0.2) is 42.5 Å². The van der Waals surface area contributed by atoms with E-state index in [9.17, 15) is 18.4 Å². The number of hydrogen-bond acceptors (Lipinski definition) is 3. The van der Waals surface area contributed by atoms with Gasteiger partial charge in [-0.25, -0.2) is 8.78 Å². The normalized spacial score (nSPS) is 14.4. The number of carbonyl (C=O) groups excluding carboxylic acids is 2. The maximum absolute atomic E-state index is 13.8. The van der Waals surface area contributed by atoms with E-state index in [0.717, 1.165) is 17.7 Å². The largest absolute Gasteiger partial charge is 0.339 e. The first-order valence-corrected chi connectivity index (χ1v) is 8.99. The molecule has 1 saturated heterocycles. The highest BCUT2D eigenvalue weighted by Crippen LogP contribution is 2.22. The number of nitrogens with one attached hydrogen (secondary N) is 1. The minimum atomic E-state index is -0.885. The van der Waals surface area contributed by atoms with E-state index in [4.69, 9.17) is 5.26 Å². The molecule has 0 unspecified atom stereocenters. The zero-order chi connectivity index (χ0) is 20.1. The fourth-order valence-corrected chi connectivity index (χ4v) is 3.22. The molecule has 2 amide bonds. The molecule has 1 aliphatic rings. The summed E-state index contributed by atoms with van der Waals surface area (Å²) in [6.45, 7) is 0.656.